The second kappa shape index (κ2) is 7.41. The lowest BCUT2D eigenvalue weighted by molar-refractivity contribution is -0.126. The lowest BCUT2D eigenvalue weighted by atomic mass is 9.95. The van der Waals surface area contributed by atoms with Crippen LogP contribution in [-0.4, -0.2) is 42.1 Å². The molecule has 1 saturated heterocycles. The topological polar surface area (TPSA) is 52.6 Å². The van der Waals surface area contributed by atoms with Gasteiger partial charge in [-0.15, -0.1) is 0 Å². The molecule has 0 aliphatic carbocycles. The normalized spacial score (nSPS) is 18.7. The molecule has 0 radical (unpaired) electrons. The van der Waals surface area contributed by atoms with E-state index in [1.54, 1.807) is 0 Å². The average molecular weight is 276 g/mol. The van der Waals surface area contributed by atoms with Crippen LogP contribution in [0.1, 0.15) is 31.4 Å². The molecular weight excluding hydrogens is 252 g/mol. The summed E-state index contributed by atoms with van der Waals surface area (Å²) in [6.45, 7) is 5.05. The molecule has 0 saturated carbocycles. The predicted octanol–water partition coefficient (Wildman–Crippen LogP) is 1.57. The average Bonchev–Trinajstić information content (AvgIpc) is 2.49. The number of rotatable bonds is 5. The van der Waals surface area contributed by atoms with Gasteiger partial charge in [-0.3, -0.25) is 4.79 Å². The van der Waals surface area contributed by atoms with Gasteiger partial charge >= 0.3 is 0 Å². The van der Waals surface area contributed by atoms with Crippen LogP contribution in [0.2, 0.25) is 0 Å². The number of amides is 1. The van der Waals surface area contributed by atoms with Crippen LogP contribution in [0.15, 0.2) is 30.3 Å². The smallest absolute Gasteiger partial charge is 0.223 e. The van der Waals surface area contributed by atoms with Gasteiger partial charge in [0, 0.05) is 19.0 Å². The largest absolute Gasteiger partial charge is 0.387 e. The molecular formula is C16H24N2O2. The molecule has 1 aromatic rings. The maximum atomic E-state index is 11.8. The fraction of sp³-hybridized carbons (Fsp3) is 0.562. The minimum absolute atomic E-state index is 0.139. The third-order valence-electron chi connectivity index (χ3n) is 3.92. The number of hydrogen-bond acceptors (Lipinski definition) is 3. The van der Waals surface area contributed by atoms with Gasteiger partial charge in [0.15, 0.2) is 0 Å². The molecule has 1 fully saturated rings. The van der Waals surface area contributed by atoms with Gasteiger partial charge in [-0.2, -0.15) is 0 Å². The molecule has 20 heavy (non-hydrogen) atoms. The summed E-state index contributed by atoms with van der Waals surface area (Å²) in [5, 5.41) is 13.1. The third-order valence-corrected chi connectivity index (χ3v) is 3.92. The number of nitrogens with zero attached hydrogens (tertiary/aromatic N) is 1. The van der Waals surface area contributed by atoms with Crippen molar-refractivity contribution in [3.05, 3.63) is 35.9 Å². The molecule has 0 bridgehead atoms. The number of benzene rings is 1. The zero-order chi connectivity index (χ0) is 14.4. The van der Waals surface area contributed by atoms with Gasteiger partial charge in [-0.1, -0.05) is 30.3 Å². The van der Waals surface area contributed by atoms with E-state index in [0.717, 1.165) is 31.5 Å². The van der Waals surface area contributed by atoms with Crippen LogP contribution in [0.25, 0.3) is 0 Å². The Labute approximate surface area is 120 Å². The van der Waals surface area contributed by atoms with Crippen molar-refractivity contribution in [1.82, 2.24) is 10.2 Å². The number of aliphatic hydroxyl groups excluding tert-OH is 1. The number of likely N-dealkylation sites (tertiary alicyclic amines) is 1. The van der Waals surface area contributed by atoms with Crippen LogP contribution in [-0.2, 0) is 4.79 Å². The fourth-order valence-electron chi connectivity index (χ4n) is 2.72. The van der Waals surface area contributed by atoms with Gasteiger partial charge in [0.1, 0.15) is 0 Å². The number of piperidine rings is 1. The van der Waals surface area contributed by atoms with E-state index in [4.69, 9.17) is 0 Å². The van der Waals surface area contributed by atoms with Crippen LogP contribution in [0.4, 0.5) is 0 Å². The zero-order valence-corrected chi connectivity index (χ0v) is 12.1. The van der Waals surface area contributed by atoms with Crippen LogP contribution < -0.4 is 5.32 Å². The SMILES string of the molecule is CCNC(=O)C1CCN(CC(O)c2ccccc2)CC1. The summed E-state index contributed by atoms with van der Waals surface area (Å²) in [5.41, 5.74) is 0.957. The molecule has 1 aromatic carbocycles. The van der Waals surface area contributed by atoms with E-state index in [2.05, 4.69) is 10.2 Å². The van der Waals surface area contributed by atoms with Crippen LogP contribution in [0, 0.1) is 5.92 Å². The molecule has 0 spiro atoms. The summed E-state index contributed by atoms with van der Waals surface area (Å²) < 4.78 is 0. The monoisotopic (exact) mass is 276 g/mol. The summed E-state index contributed by atoms with van der Waals surface area (Å²) in [6.07, 6.45) is 1.32. The van der Waals surface area contributed by atoms with E-state index in [9.17, 15) is 9.90 Å². The first-order valence-corrected chi connectivity index (χ1v) is 7.43. The summed E-state index contributed by atoms with van der Waals surface area (Å²) in [5.74, 6) is 0.316. The predicted molar refractivity (Wildman–Crippen MR) is 79.2 cm³/mol. The molecule has 1 aliphatic heterocycles. The molecule has 2 rings (SSSR count). The lowest BCUT2D eigenvalue weighted by Gasteiger charge is -2.32. The standard InChI is InChI=1S/C16H24N2O2/c1-2-17-16(20)14-8-10-18(11-9-14)12-15(19)13-6-4-3-5-7-13/h3-7,14-15,19H,2,8-12H2,1H3,(H,17,20). The number of carbonyl (C=O) groups excluding carboxylic acids is 1. The van der Waals surface area contributed by atoms with Crippen LogP contribution in [0.5, 0.6) is 0 Å². The molecule has 2 N–H and O–H groups in total. The fourth-order valence-corrected chi connectivity index (χ4v) is 2.72. The third kappa shape index (κ3) is 4.05. The first kappa shape index (κ1) is 15.0. The van der Waals surface area contributed by atoms with E-state index >= 15 is 0 Å². The van der Waals surface area contributed by atoms with Crippen LogP contribution >= 0.6 is 0 Å². The van der Waals surface area contributed by atoms with E-state index in [1.807, 2.05) is 37.3 Å². The number of aliphatic hydroxyl groups is 1. The summed E-state index contributed by atoms with van der Waals surface area (Å²) in [4.78, 5) is 14.0. The maximum absolute atomic E-state index is 11.8. The minimum atomic E-state index is -0.447. The van der Waals surface area contributed by atoms with Crippen molar-refractivity contribution >= 4 is 5.91 Å². The molecule has 0 aromatic heterocycles. The Morgan fingerprint density at radius 2 is 2.00 bits per heavy atom. The van der Waals surface area contributed by atoms with Crippen molar-refractivity contribution in [3.63, 3.8) is 0 Å². The number of nitrogens with one attached hydrogen (secondary N) is 1. The Kier molecular flexibility index (Phi) is 5.56. The number of hydrogen-bond donors (Lipinski definition) is 2. The van der Waals surface area contributed by atoms with E-state index < -0.39 is 6.10 Å². The number of β-amino-alcohol motifs (C(OH)–C–C–N with tert-alkyl or cyclic N) is 1. The van der Waals surface area contributed by atoms with Gasteiger partial charge in [-0.05, 0) is 38.4 Å². The molecule has 4 heteroatoms. The number of carbonyl (C=O) groups is 1. The van der Waals surface area contributed by atoms with E-state index in [-0.39, 0.29) is 11.8 Å². The molecule has 4 nitrogen and oxygen atoms in total. The highest BCUT2D eigenvalue weighted by Gasteiger charge is 2.25. The van der Waals surface area contributed by atoms with Gasteiger partial charge in [0.25, 0.3) is 0 Å². The Morgan fingerprint density at radius 3 is 2.60 bits per heavy atom. The van der Waals surface area contributed by atoms with Crippen molar-refractivity contribution in [2.45, 2.75) is 25.9 Å². The zero-order valence-electron chi connectivity index (χ0n) is 12.1. The molecule has 1 amide bonds. The second-order valence-corrected chi connectivity index (χ2v) is 5.40. The maximum Gasteiger partial charge on any atom is 0.223 e. The second-order valence-electron chi connectivity index (χ2n) is 5.40. The molecule has 1 aliphatic rings. The summed E-state index contributed by atoms with van der Waals surface area (Å²) in [6, 6.07) is 9.74. The first-order valence-electron chi connectivity index (χ1n) is 7.43. The van der Waals surface area contributed by atoms with Gasteiger partial charge < -0.3 is 15.3 Å². The van der Waals surface area contributed by atoms with Gasteiger partial charge in [-0.25, -0.2) is 0 Å². The Morgan fingerprint density at radius 1 is 1.35 bits per heavy atom. The minimum Gasteiger partial charge on any atom is -0.387 e. The van der Waals surface area contributed by atoms with E-state index in [0.29, 0.717) is 13.1 Å². The molecule has 1 heterocycles. The first-order chi connectivity index (χ1) is 9.70. The lowest BCUT2D eigenvalue weighted by Crippen LogP contribution is -2.41. The highest BCUT2D eigenvalue weighted by atomic mass is 16.3. The van der Waals surface area contributed by atoms with Crippen molar-refractivity contribution in [1.29, 1.82) is 0 Å². The molecule has 1 unspecified atom stereocenters. The van der Waals surface area contributed by atoms with Crippen molar-refractivity contribution in [2.75, 3.05) is 26.2 Å². The highest BCUT2D eigenvalue weighted by molar-refractivity contribution is 5.78. The van der Waals surface area contributed by atoms with Crippen molar-refractivity contribution in [3.8, 4) is 0 Å². The van der Waals surface area contributed by atoms with Gasteiger partial charge in [0.2, 0.25) is 5.91 Å². The Balaban J connectivity index is 1.78. The van der Waals surface area contributed by atoms with E-state index in [1.165, 1.54) is 0 Å². The van der Waals surface area contributed by atoms with Gasteiger partial charge in [0.05, 0.1) is 6.10 Å². The van der Waals surface area contributed by atoms with Crippen molar-refractivity contribution in [2.24, 2.45) is 5.92 Å². The van der Waals surface area contributed by atoms with Crippen LogP contribution in [0.3, 0.4) is 0 Å². The summed E-state index contributed by atoms with van der Waals surface area (Å²) >= 11 is 0. The quantitative estimate of drug-likeness (QED) is 0.858. The van der Waals surface area contributed by atoms with Crippen molar-refractivity contribution < 1.29 is 9.90 Å². The Bertz CT molecular complexity index is 414. The summed E-state index contributed by atoms with van der Waals surface area (Å²) in [7, 11) is 0. The molecule has 1 atom stereocenters. The molecule has 110 valence electrons. The highest BCUT2D eigenvalue weighted by Crippen LogP contribution is 2.20. The Hall–Kier alpha value is -1.39.